The van der Waals surface area contributed by atoms with Crippen LogP contribution in [0, 0.1) is 24.7 Å². The van der Waals surface area contributed by atoms with Gasteiger partial charge in [-0.3, -0.25) is 11.8 Å². The molecule has 0 unspecified atom stereocenters. The van der Waals surface area contributed by atoms with Gasteiger partial charge in [0.05, 0.1) is 37.1 Å². The second kappa shape index (κ2) is 22.2. The molecule has 0 amide bonds. The Morgan fingerprint density at radius 1 is 0.344 bits per heavy atom. The van der Waals surface area contributed by atoms with E-state index in [1.54, 1.807) is 0 Å². The molecule has 8 aromatic rings. The van der Waals surface area contributed by atoms with Crippen molar-refractivity contribution in [3.05, 3.63) is 230 Å². The van der Waals surface area contributed by atoms with Crippen molar-refractivity contribution in [2.24, 2.45) is 0 Å². The molecule has 0 fully saturated rings. The van der Waals surface area contributed by atoms with Gasteiger partial charge in [0.15, 0.2) is 0 Å². The van der Waals surface area contributed by atoms with Crippen molar-refractivity contribution in [2.45, 2.75) is 26.2 Å². The van der Waals surface area contributed by atoms with Crippen LogP contribution in [0.15, 0.2) is 206 Å². The summed E-state index contributed by atoms with van der Waals surface area (Å²) >= 11 is 0. The number of benzene rings is 8. The average Bonchev–Trinajstić information content (AvgIpc) is 3.70. The minimum atomic E-state index is -1.55. The van der Waals surface area contributed by atoms with Crippen molar-refractivity contribution in [3.8, 4) is 34.1 Å². The molecule has 0 nitrogen and oxygen atoms in total. The van der Waals surface area contributed by atoms with E-state index in [1.807, 2.05) is 12.1 Å². The predicted octanol–water partition coefficient (Wildman–Crippen LogP) is 9.57. The summed E-state index contributed by atoms with van der Waals surface area (Å²) in [7, 11) is -4.63. The van der Waals surface area contributed by atoms with Crippen LogP contribution in [0.1, 0.15) is 11.1 Å². The van der Waals surface area contributed by atoms with Crippen LogP contribution in [-0.2, 0) is 44.8 Å². The van der Waals surface area contributed by atoms with Crippen LogP contribution in [0.25, 0.3) is 22.3 Å². The SMILES string of the molecule is [Au+].[Au+].[C-]#Cc1ccc2c(c1)-c1ccccc1[Si]2(C)C.[C-]#Cc1ccc2c(c1)[Si](C)(C)c1ccccc1-2.c1ccc([PH+](CC[PH+](c2ccccc2)c2ccccc2)c2ccccc2)cc1. The minimum absolute atomic E-state index is 0. The van der Waals surface area contributed by atoms with Crippen molar-refractivity contribution in [3.63, 3.8) is 0 Å². The minimum Gasteiger partial charge on any atom is -0.366 e. The first-order valence-electron chi connectivity index (χ1n) is 21.5. The second-order valence-electron chi connectivity index (χ2n) is 17.0. The third-order valence-corrected chi connectivity index (χ3v) is 25.8. The summed E-state index contributed by atoms with van der Waals surface area (Å²) in [5.41, 5.74) is 7.17. The summed E-state index contributed by atoms with van der Waals surface area (Å²) in [5.74, 6) is 4.97. The summed E-state index contributed by atoms with van der Waals surface area (Å²) in [6.45, 7) is 9.55. The van der Waals surface area contributed by atoms with E-state index in [1.165, 1.54) is 76.5 Å². The number of fused-ring (bicyclic) bond motifs is 6. The Labute approximate surface area is 418 Å². The maximum Gasteiger partial charge on any atom is 1.00 e. The first-order chi connectivity index (χ1) is 30.2. The average molecular weight is 1260 g/mol. The third-order valence-electron chi connectivity index (χ3n) is 12.6. The summed E-state index contributed by atoms with van der Waals surface area (Å²) in [6.07, 6.45) is 17.0. The van der Waals surface area contributed by atoms with Crippen LogP contribution >= 0.6 is 15.8 Å². The Bertz CT molecular complexity index is 2720. The molecule has 2 heterocycles. The van der Waals surface area contributed by atoms with E-state index in [9.17, 15) is 0 Å². The van der Waals surface area contributed by atoms with Gasteiger partial charge in [-0.15, -0.1) is 35.4 Å². The number of hydrogen-bond acceptors (Lipinski definition) is 0. The first kappa shape index (κ1) is 49.1. The largest absolute Gasteiger partial charge is 1.00 e. The van der Waals surface area contributed by atoms with Gasteiger partial charge in [0.1, 0.15) is 28.5 Å². The van der Waals surface area contributed by atoms with Gasteiger partial charge in [0.2, 0.25) is 0 Å². The van der Waals surface area contributed by atoms with Gasteiger partial charge in [-0.1, -0.05) is 165 Å². The van der Waals surface area contributed by atoms with Gasteiger partial charge >= 0.3 is 44.8 Å². The van der Waals surface area contributed by atoms with E-state index >= 15 is 0 Å². The van der Waals surface area contributed by atoms with E-state index in [-0.39, 0.29) is 44.8 Å². The molecule has 0 aliphatic carbocycles. The van der Waals surface area contributed by atoms with E-state index < -0.39 is 32.0 Å². The molecule has 0 bridgehead atoms. The molecule has 64 heavy (non-hydrogen) atoms. The Morgan fingerprint density at radius 2 is 0.656 bits per heavy atom. The van der Waals surface area contributed by atoms with E-state index in [0.717, 1.165) is 11.1 Å². The molecular weight excluding hydrogens is 1210 g/mol. The molecule has 322 valence electrons. The van der Waals surface area contributed by atoms with Crippen LogP contribution in [0.5, 0.6) is 0 Å². The molecule has 10 rings (SSSR count). The van der Waals surface area contributed by atoms with Gasteiger partial charge in [0.25, 0.3) is 0 Å². The molecule has 0 saturated heterocycles. The predicted molar refractivity (Wildman–Crippen MR) is 280 cm³/mol. The smallest absolute Gasteiger partial charge is 0.366 e. The molecule has 0 saturated carbocycles. The molecule has 8 aromatic carbocycles. The fraction of sp³-hybridized carbons (Fsp3) is 0.103. The maximum absolute atomic E-state index is 7.26. The summed E-state index contributed by atoms with van der Waals surface area (Å²) in [5, 5.41) is 12.0. The van der Waals surface area contributed by atoms with E-state index in [4.69, 9.17) is 12.8 Å². The van der Waals surface area contributed by atoms with Crippen molar-refractivity contribution < 1.29 is 44.8 Å². The summed E-state index contributed by atoms with van der Waals surface area (Å²) in [4.78, 5) is 0. The number of hydrogen-bond donors (Lipinski definition) is 0. The van der Waals surface area contributed by atoms with Crippen molar-refractivity contribution in [2.75, 3.05) is 12.3 Å². The van der Waals surface area contributed by atoms with Gasteiger partial charge in [-0.2, -0.15) is 0 Å². The molecule has 2 aliphatic heterocycles. The molecule has 6 heteroatoms. The molecule has 0 spiro atoms. The van der Waals surface area contributed by atoms with Gasteiger partial charge in [-0.05, 0) is 86.3 Å². The normalized spacial score (nSPS) is 12.8. The van der Waals surface area contributed by atoms with Crippen LogP contribution in [0.4, 0.5) is 0 Å². The van der Waals surface area contributed by atoms with Crippen molar-refractivity contribution in [1.29, 1.82) is 0 Å². The molecule has 0 radical (unpaired) electrons. The fourth-order valence-corrected chi connectivity index (χ4v) is 21.7. The Hall–Kier alpha value is -4.35. The zero-order chi connectivity index (χ0) is 43.1. The fourth-order valence-electron chi connectivity index (χ4n) is 9.30. The second-order valence-corrected chi connectivity index (χ2v) is 30.9. The maximum atomic E-state index is 7.26. The topological polar surface area (TPSA) is 0 Å². The van der Waals surface area contributed by atoms with Crippen molar-refractivity contribution in [1.82, 2.24) is 0 Å². The first-order valence-corrected chi connectivity index (χ1v) is 30.9. The quantitative estimate of drug-likeness (QED) is 0.0647. The molecule has 0 atom stereocenters. The van der Waals surface area contributed by atoms with E-state index in [0.29, 0.717) is 0 Å². The third kappa shape index (κ3) is 10.5. The van der Waals surface area contributed by atoms with Crippen LogP contribution < -0.4 is 42.0 Å². The zero-order valence-corrected chi connectivity index (χ0v) is 45.0. The van der Waals surface area contributed by atoms with Gasteiger partial charge < -0.3 is 12.8 Å². The van der Waals surface area contributed by atoms with E-state index in [2.05, 4.69) is 232 Å². The molecule has 2 aliphatic rings. The monoisotopic (exact) mass is 1260 g/mol. The Morgan fingerprint density at radius 3 is 1.08 bits per heavy atom. The number of rotatable bonds is 7. The van der Waals surface area contributed by atoms with Crippen LogP contribution in [-0.4, -0.2) is 28.5 Å². The van der Waals surface area contributed by atoms with Gasteiger partial charge in [0, 0.05) is 0 Å². The zero-order valence-electron chi connectivity index (χ0n) is 36.6. The summed E-state index contributed by atoms with van der Waals surface area (Å²) < 4.78 is 0. The van der Waals surface area contributed by atoms with Crippen LogP contribution in [0.3, 0.4) is 0 Å². The molecule has 0 aromatic heterocycles. The van der Waals surface area contributed by atoms with Crippen LogP contribution in [0.2, 0.25) is 26.2 Å². The summed E-state index contributed by atoms with van der Waals surface area (Å²) in [6, 6.07) is 74.5. The molecular formula is C58H52Au2P2Si2+2. The molecule has 0 N–H and O–H groups in total. The van der Waals surface area contributed by atoms with Crippen molar-refractivity contribution >= 4 is 74.0 Å². The Balaban J connectivity index is 0.000000165. The van der Waals surface area contributed by atoms with Gasteiger partial charge in [-0.25, -0.2) is 0 Å². The standard InChI is InChI=1S/C26H24P2.2C16H13Si.2Au/c1-5-13-23(14-6-1)27(24-15-7-2-8-16-24)21-22-28(25-17-9-3-10-18-25)26-19-11-4-12-20-26;1-4-12-9-10-16-14(11-12)13-7-5-6-8-15(13)17(16,2)3;1-4-12-9-10-14-13-7-5-6-8-15(13)17(2,3)16(14)11-12;;/h1-20H,21-22H2;2*5-11H,2-3H3;;/q;2*-1;2*+1/p+2. The Kier molecular flexibility index (Phi) is 17.1.